The third-order valence-corrected chi connectivity index (χ3v) is 3.60. The summed E-state index contributed by atoms with van der Waals surface area (Å²) in [6.45, 7) is 1.76. The smallest absolute Gasteiger partial charge is 0.331 e. The molecule has 2 rings (SSSR count). The highest BCUT2D eigenvalue weighted by molar-refractivity contribution is 5.96. The highest BCUT2D eigenvalue weighted by Gasteiger charge is 2.15. The van der Waals surface area contributed by atoms with E-state index >= 15 is 0 Å². The van der Waals surface area contributed by atoms with Crippen LogP contribution in [0.2, 0.25) is 0 Å². The maximum absolute atomic E-state index is 13.0. The van der Waals surface area contributed by atoms with Gasteiger partial charge in [-0.05, 0) is 55.0 Å². The van der Waals surface area contributed by atoms with Gasteiger partial charge < -0.3 is 14.4 Å². The van der Waals surface area contributed by atoms with Gasteiger partial charge in [0.1, 0.15) is 11.6 Å². The Hall–Kier alpha value is -3.15. The summed E-state index contributed by atoms with van der Waals surface area (Å²) in [5.74, 6) is -0.724. The number of amides is 1. The predicted octanol–water partition coefficient (Wildman–Crippen LogP) is 3.44. The first-order valence-electron chi connectivity index (χ1n) is 8.08. The number of nitrogens with zero attached hydrogens (tertiary/aromatic N) is 1. The largest absolute Gasteiger partial charge is 0.497 e. The molecule has 0 bridgehead atoms. The first-order valence-corrected chi connectivity index (χ1v) is 8.08. The first kappa shape index (κ1) is 19.2. The van der Waals surface area contributed by atoms with Gasteiger partial charge in [0.05, 0.1) is 7.11 Å². The molecule has 0 aromatic heterocycles. The lowest BCUT2D eigenvalue weighted by Gasteiger charge is -2.20. The second-order valence-corrected chi connectivity index (χ2v) is 5.33. The molecule has 0 aliphatic carbocycles. The molecule has 0 unspecified atom stereocenters. The summed E-state index contributed by atoms with van der Waals surface area (Å²) in [5.41, 5.74) is 1.32. The number of carbonyl (C=O) groups is 2. The summed E-state index contributed by atoms with van der Waals surface area (Å²) < 4.78 is 23.1. The fraction of sp³-hybridized carbons (Fsp3) is 0.200. The Balaban J connectivity index is 1.91. The van der Waals surface area contributed by atoms with Gasteiger partial charge in [-0.25, -0.2) is 9.18 Å². The molecule has 0 saturated heterocycles. The minimum Gasteiger partial charge on any atom is -0.497 e. The number of carbonyl (C=O) groups excluding carboxylic acids is 2. The molecule has 6 heteroatoms. The van der Waals surface area contributed by atoms with Crippen LogP contribution in [-0.2, 0) is 14.3 Å². The third kappa shape index (κ3) is 5.44. The number of hydrogen-bond donors (Lipinski definition) is 0. The molecule has 0 spiro atoms. The molecular weight excluding hydrogens is 337 g/mol. The standard InChI is InChI=1S/C20H20FNO4/c1-3-22(17-10-8-16(21)9-11-17)19(23)14-26-20(24)12-7-15-5-4-6-18(13-15)25-2/h4-13H,3,14H2,1-2H3/b12-7+. The van der Waals surface area contributed by atoms with Gasteiger partial charge in [-0.2, -0.15) is 0 Å². The average Bonchev–Trinajstić information content (AvgIpc) is 2.67. The number of halogens is 1. The normalized spacial score (nSPS) is 10.6. The molecule has 0 atom stereocenters. The van der Waals surface area contributed by atoms with E-state index in [1.807, 2.05) is 6.07 Å². The topological polar surface area (TPSA) is 55.8 Å². The van der Waals surface area contributed by atoms with Crippen molar-refractivity contribution in [1.29, 1.82) is 0 Å². The molecule has 0 fully saturated rings. The fourth-order valence-electron chi connectivity index (χ4n) is 2.29. The van der Waals surface area contributed by atoms with Crippen molar-refractivity contribution in [2.75, 3.05) is 25.2 Å². The Kier molecular flexibility index (Phi) is 6.91. The van der Waals surface area contributed by atoms with Crippen LogP contribution in [0.3, 0.4) is 0 Å². The van der Waals surface area contributed by atoms with Crippen LogP contribution in [0.1, 0.15) is 12.5 Å². The zero-order chi connectivity index (χ0) is 18.9. The Bertz CT molecular complexity index is 787. The van der Waals surface area contributed by atoms with Crippen molar-refractivity contribution in [2.45, 2.75) is 6.92 Å². The zero-order valence-corrected chi connectivity index (χ0v) is 14.6. The Morgan fingerprint density at radius 3 is 2.54 bits per heavy atom. The third-order valence-electron chi connectivity index (χ3n) is 3.60. The van der Waals surface area contributed by atoms with Crippen molar-refractivity contribution in [2.24, 2.45) is 0 Å². The van der Waals surface area contributed by atoms with Gasteiger partial charge in [0.25, 0.3) is 5.91 Å². The summed E-state index contributed by atoms with van der Waals surface area (Å²) in [6.07, 6.45) is 2.82. The summed E-state index contributed by atoms with van der Waals surface area (Å²) in [4.78, 5) is 25.5. The van der Waals surface area contributed by atoms with E-state index in [2.05, 4.69) is 0 Å². The van der Waals surface area contributed by atoms with Gasteiger partial charge in [-0.3, -0.25) is 4.79 Å². The lowest BCUT2D eigenvalue weighted by atomic mass is 10.2. The monoisotopic (exact) mass is 357 g/mol. The van der Waals surface area contributed by atoms with Gasteiger partial charge in [-0.1, -0.05) is 12.1 Å². The van der Waals surface area contributed by atoms with Crippen molar-refractivity contribution < 1.29 is 23.5 Å². The minimum atomic E-state index is -0.628. The first-order chi connectivity index (χ1) is 12.5. The van der Waals surface area contributed by atoms with Crippen LogP contribution < -0.4 is 9.64 Å². The summed E-state index contributed by atoms with van der Waals surface area (Å²) >= 11 is 0. The van der Waals surface area contributed by atoms with Gasteiger partial charge in [-0.15, -0.1) is 0 Å². The second-order valence-electron chi connectivity index (χ2n) is 5.33. The Labute approximate surface area is 151 Å². The van der Waals surface area contributed by atoms with E-state index in [0.717, 1.165) is 5.56 Å². The van der Waals surface area contributed by atoms with Crippen molar-refractivity contribution in [1.82, 2.24) is 0 Å². The van der Waals surface area contributed by atoms with Crippen molar-refractivity contribution in [3.63, 3.8) is 0 Å². The molecule has 0 aliphatic rings. The van der Waals surface area contributed by atoms with Crippen LogP contribution in [0.15, 0.2) is 54.6 Å². The van der Waals surface area contributed by atoms with E-state index in [4.69, 9.17) is 9.47 Å². The van der Waals surface area contributed by atoms with E-state index < -0.39 is 12.6 Å². The van der Waals surface area contributed by atoms with Crippen LogP contribution in [0.5, 0.6) is 5.75 Å². The van der Waals surface area contributed by atoms with E-state index in [1.165, 1.54) is 35.2 Å². The van der Waals surface area contributed by atoms with E-state index in [0.29, 0.717) is 18.0 Å². The molecule has 0 aliphatic heterocycles. The van der Waals surface area contributed by atoms with E-state index in [9.17, 15) is 14.0 Å². The molecular formula is C20H20FNO4. The highest BCUT2D eigenvalue weighted by atomic mass is 19.1. The molecule has 2 aromatic carbocycles. The van der Waals surface area contributed by atoms with Crippen LogP contribution >= 0.6 is 0 Å². The number of benzene rings is 2. The maximum atomic E-state index is 13.0. The van der Waals surface area contributed by atoms with Crippen molar-refractivity contribution in [3.8, 4) is 5.75 Å². The molecule has 26 heavy (non-hydrogen) atoms. The SMILES string of the molecule is CCN(C(=O)COC(=O)/C=C/c1cccc(OC)c1)c1ccc(F)cc1. The number of likely N-dealkylation sites (N-methyl/N-ethyl adjacent to an activating group) is 1. The lowest BCUT2D eigenvalue weighted by molar-refractivity contribution is -0.142. The van der Waals surface area contributed by atoms with Gasteiger partial charge in [0.2, 0.25) is 0 Å². The van der Waals surface area contributed by atoms with Crippen LogP contribution in [0, 0.1) is 5.82 Å². The minimum absolute atomic E-state index is 0.377. The number of hydrogen-bond acceptors (Lipinski definition) is 4. The lowest BCUT2D eigenvalue weighted by Crippen LogP contribution is -2.34. The summed E-state index contributed by atoms with van der Waals surface area (Å²) in [5, 5.41) is 0. The Morgan fingerprint density at radius 2 is 1.88 bits per heavy atom. The predicted molar refractivity (Wildman–Crippen MR) is 97.4 cm³/mol. The number of ether oxygens (including phenoxy) is 2. The van der Waals surface area contributed by atoms with Crippen LogP contribution in [0.4, 0.5) is 10.1 Å². The number of esters is 1. The molecule has 2 aromatic rings. The summed E-state index contributed by atoms with van der Waals surface area (Å²) in [6, 6.07) is 12.7. The van der Waals surface area contributed by atoms with Gasteiger partial charge in [0, 0.05) is 18.3 Å². The fourth-order valence-corrected chi connectivity index (χ4v) is 2.29. The number of anilines is 1. The van der Waals surface area contributed by atoms with Gasteiger partial charge in [0.15, 0.2) is 6.61 Å². The number of methoxy groups -OCH3 is 1. The maximum Gasteiger partial charge on any atom is 0.331 e. The second kappa shape index (κ2) is 9.36. The van der Waals surface area contributed by atoms with E-state index in [-0.39, 0.29) is 11.7 Å². The molecule has 0 N–H and O–H groups in total. The highest BCUT2D eigenvalue weighted by Crippen LogP contribution is 2.15. The summed E-state index contributed by atoms with van der Waals surface area (Å²) in [7, 11) is 1.56. The Morgan fingerprint density at radius 1 is 1.15 bits per heavy atom. The molecule has 0 radical (unpaired) electrons. The molecule has 0 heterocycles. The van der Waals surface area contributed by atoms with Crippen molar-refractivity contribution in [3.05, 3.63) is 66.0 Å². The zero-order valence-electron chi connectivity index (χ0n) is 14.6. The quantitative estimate of drug-likeness (QED) is 0.563. The van der Waals surface area contributed by atoms with Crippen molar-refractivity contribution >= 4 is 23.6 Å². The van der Waals surface area contributed by atoms with Crippen LogP contribution in [0.25, 0.3) is 6.08 Å². The molecule has 5 nitrogen and oxygen atoms in total. The molecule has 0 saturated carbocycles. The van der Waals surface area contributed by atoms with Gasteiger partial charge >= 0.3 is 5.97 Å². The van der Waals surface area contributed by atoms with Crippen LogP contribution in [-0.4, -0.2) is 32.1 Å². The molecule has 136 valence electrons. The average molecular weight is 357 g/mol. The van der Waals surface area contributed by atoms with E-state index in [1.54, 1.807) is 38.3 Å². The number of rotatable bonds is 7. The molecule has 1 amide bonds.